The average molecular weight is 222 g/mol. The molecular weight excluding hydrogens is 217 g/mol. The van der Waals surface area contributed by atoms with Gasteiger partial charge in [-0.15, -0.1) is 0 Å². The van der Waals surface area contributed by atoms with Gasteiger partial charge >= 0.3 is 21.6 Å². The molecule has 0 aliphatic heterocycles. The lowest BCUT2D eigenvalue weighted by Gasteiger charge is -1.97. The maximum absolute atomic E-state index is 10.7. The van der Waals surface area contributed by atoms with E-state index in [1.165, 1.54) is 0 Å². The van der Waals surface area contributed by atoms with E-state index in [-0.39, 0.29) is 0 Å². The molecule has 0 aromatic carbocycles. The van der Waals surface area contributed by atoms with Crippen LogP contribution in [0.5, 0.6) is 0 Å². The minimum atomic E-state index is -5.84. The Bertz CT molecular complexity index is 277. The van der Waals surface area contributed by atoms with Crippen LogP contribution in [-0.4, -0.2) is 29.6 Å². The molecule has 0 spiro atoms. The summed E-state index contributed by atoms with van der Waals surface area (Å²) in [4.78, 5) is 9.25. The first-order chi connectivity index (χ1) is 5.52. The van der Waals surface area contributed by atoms with Gasteiger partial charge in [0.2, 0.25) is 0 Å². The van der Waals surface area contributed by atoms with Crippen molar-refractivity contribution in [3.63, 3.8) is 0 Å². The van der Waals surface area contributed by atoms with E-state index in [1.54, 1.807) is 0 Å². The number of hydrogen-bond donors (Lipinski definition) is 2. The third-order valence-corrected chi connectivity index (χ3v) is 1.05. The second-order valence-electron chi connectivity index (χ2n) is 1.46. The fraction of sp³-hybridized carbons (Fsp3) is 0.250. The molecule has 0 bridgehead atoms. The molecule has 5 nitrogen and oxygen atoms in total. The summed E-state index contributed by atoms with van der Waals surface area (Å²) in [5.74, 6) is -0.981. The van der Waals surface area contributed by atoms with E-state index in [1.807, 2.05) is 0 Å². The maximum Gasteiger partial charge on any atom is 0.522 e. The SMILES string of the molecule is C=CC(=O)O.O=S(=O)(O)C(F)(F)F. The van der Waals surface area contributed by atoms with E-state index in [2.05, 4.69) is 6.58 Å². The number of alkyl halides is 3. The Hall–Kier alpha value is -1.09. The Labute approximate surface area is 71.2 Å². The normalized spacial score (nSPS) is 11.1. The zero-order valence-corrected chi connectivity index (χ0v) is 6.76. The fourth-order valence-corrected chi connectivity index (χ4v) is 0. The van der Waals surface area contributed by atoms with Gasteiger partial charge in [-0.3, -0.25) is 4.55 Å². The molecule has 13 heavy (non-hydrogen) atoms. The predicted octanol–water partition coefficient (Wildman–Crippen LogP) is 0.651. The second-order valence-corrected chi connectivity index (χ2v) is 2.88. The Morgan fingerprint density at radius 1 is 1.38 bits per heavy atom. The van der Waals surface area contributed by atoms with Crippen LogP contribution in [0.15, 0.2) is 12.7 Å². The van der Waals surface area contributed by atoms with Crippen LogP contribution in [0.3, 0.4) is 0 Å². The molecule has 0 unspecified atom stereocenters. The molecule has 0 radical (unpaired) electrons. The summed E-state index contributed by atoms with van der Waals surface area (Å²) in [5.41, 5.74) is -5.53. The third kappa shape index (κ3) is 8.82. The molecule has 0 aliphatic rings. The Morgan fingerprint density at radius 2 is 1.54 bits per heavy atom. The maximum atomic E-state index is 10.7. The molecular formula is C4H5F3O5S. The molecule has 0 aliphatic carbocycles. The van der Waals surface area contributed by atoms with Crippen molar-refractivity contribution in [2.75, 3.05) is 0 Å². The Morgan fingerprint density at radius 3 is 1.54 bits per heavy atom. The molecule has 0 amide bonds. The zero-order valence-electron chi connectivity index (χ0n) is 5.95. The summed E-state index contributed by atoms with van der Waals surface area (Å²) in [6.07, 6.45) is 0.833. The number of carboxylic acid groups (broad SMARTS) is 1. The van der Waals surface area contributed by atoms with Crippen LogP contribution in [-0.2, 0) is 14.9 Å². The van der Waals surface area contributed by atoms with Crippen LogP contribution >= 0.6 is 0 Å². The molecule has 0 rings (SSSR count). The lowest BCUT2D eigenvalue weighted by Crippen LogP contribution is -2.21. The highest BCUT2D eigenvalue weighted by atomic mass is 32.2. The predicted molar refractivity (Wildman–Crippen MR) is 35.4 cm³/mol. The number of rotatable bonds is 1. The first-order valence-corrected chi connectivity index (χ1v) is 3.85. The van der Waals surface area contributed by atoms with Crippen molar-refractivity contribution in [2.45, 2.75) is 5.51 Å². The van der Waals surface area contributed by atoms with Crippen LogP contribution in [0.25, 0.3) is 0 Å². The molecule has 0 fully saturated rings. The number of carboxylic acids is 1. The van der Waals surface area contributed by atoms with Crippen molar-refractivity contribution in [1.29, 1.82) is 0 Å². The van der Waals surface area contributed by atoms with E-state index >= 15 is 0 Å². The molecule has 0 aromatic heterocycles. The van der Waals surface area contributed by atoms with Crippen LogP contribution < -0.4 is 0 Å². The van der Waals surface area contributed by atoms with Crippen molar-refractivity contribution in [1.82, 2.24) is 0 Å². The number of hydrogen-bond acceptors (Lipinski definition) is 3. The summed E-state index contributed by atoms with van der Waals surface area (Å²) in [7, 11) is -5.84. The summed E-state index contributed by atoms with van der Waals surface area (Å²) in [6.45, 7) is 2.96. The molecule has 9 heteroatoms. The van der Waals surface area contributed by atoms with Gasteiger partial charge in [0.15, 0.2) is 0 Å². The number of aliphatic carboxylic acids is 1. The number of halogens is 3. The summed E-state index contributed by atoms with van der Waals surface area (Å²) < 4.78 is 57.5. The van der Waals surface area contributed by atoms with Crippen LogP contribution in [0.1, 0.15) is 0 Å². The van der Waals surface area contributed by atoms with Crippen molar-refractivity contribution < 1.29 is 36.0 Å². The van der Waals surface area contributed by atoms with Gasteiger partial charge < -0.3 is 5.11 Å². The molecule has 0 saturated heterocycles. The largest absolute Gasteiger partial charge is 0.522 e. The molecule has 0 saturated carbocycles. The Balaban J connectivity index is 0. The van der Waals surface area contributed by atoms with Crippen LogP contribution in [0.2, 0.25) is 0 Å². The lowest BCUT2D eigenvalue weighted by atomic mass is 10.7. The quantitative estimate of drug-likeness (QED) is 0.386. The average Bonchev–Trinajstić information content (AvgIpc) is 1.84. The minimum absolute atomic E-state index is 0.833. The topological polar surface area (TPSA) is 91.7 Å². The first-order valence-electron chi connectivity index (χ1n) is 2.41. The van der Waals surface area contributed by atoms with Crippen molar-refractivity contribution >= 4 is 16.1 Å². The summed E-state index contributed by atoms with van der Waals surface area (Å²) in [5, 5.41) is 7.60. The minimum Gasteiger partial charge on any atom is -0.478 e. The van der Waals surface area contributed by atoms with E-state index in [0.29, 0.717) is 0 Å². The molecule has 0 atom stereocenters. The highest BCUT2D eigenvalue weighted by Crippen LogP contribution is 2.20. The van der Waals surface area contributed by atoms with E-state index in [0.717, 1.165) is 6.08 Å². The van der Waals surface area contributed by atoms with Gasteiger partial charge in [0.05, 0.1) is 0 Å². The van der Waals surface area contributed by atoms with Gasteiger partial charge in [-0.05, 0) is 0 Å². The van der Waals surface area contributed by atoms with E-state index in [4.69, 9.17) is 18.1 Å². The van der Waals surface area contributed by atoms with Gasteiger partial charge in [0.1, 0.15) is 0 Å². The fourth-order valence-electron chi connectivity index (χ4n) is 0. The zero-order chi connectivity index (χ0) is 11.3. The van der Waals surface area contributed by atoms with Gasteiger partial charge in [0.25, 0.3) is 0 Å². The van der Waals surface area contributed by atoms with E-state index < -0.39 is 21.6 Å². The van der Waals surface area contributed by atoms with Crippen LogP contribution in [0.4, 0.5) is 13.2 Å². The van der Waals surface area contributed by atoms with Crippen molar-refractivity contribution in [3.8, 4) is 0 Å². The van der Waals surface area contributed by atoms with Crippen molar-refractivity contribution in [3.05, 3.63) is 12.7 Å². The van der Waals surface area contributed by atoms with E-state index in [9.17, 15) is 18.0 Å². The second kappa shape index (κ2) is 4.82. The van der Waals surface area contributed by atoms with Gasteiger partial charge in [-0.1, -0.05) is 6.58 Å². The molecule has 2 N–H and O–H groups in total. The molecule has 0 aromatic rings. The van der Waals surface area contributed by atoms with Gasteiger partial charge in [-0.25, -0.2) is 4.79 Å². The highest BCUT2D eigenvalue weighted by Gasteiger charge is 2.44. The first kappa shape index (κ1) is 14.4. The highest BCUT2D eigenvalue weighted by molar-refractivity contribution is 7.86. The monoisotopic (exact) mass is 222 g/mol. The van der Waals surface area contributed by atoms with Crippen LogP contribution in [0, 0.1) is 0 Å². The smallest absolute Gasteiger partial charge is 0.478 e. The van der Waals surface area contributed by atoms with Gasteiger partial charge in [0, 0.05) is 6.08 Å². The van der Waals surface area contributed by atoms with Crippen molar-refractivity contribution in [2.24, 2.45) is 0 Å². The summed E-state index contributed by atoms with van der Waals surface area (Å²) in [6, 6.07) is 0. The molecule has 0 heterocycles. The third-order valence-electron chi connectivity index (χ3n) is 0.467. The van der Waals surface area contributed by atoms with Gasteiger partial charge in [-0.2, -0.15) is 21.6 Å². The number of carbonyl (C=O) groups is 1. The lowest BCUT2D eigenvalue weighted by molar-refractivity contribution is -0.131. The standard InChI is InChI=1S/C3H4O2.CHF3O3S/c1-2-3(4)5;2-1(3,4)8(5,6)7/h2H,1H2,(H,4,5);(H,5,6,7). The Kier molecular flexibility index (Phi) is 5.35. The summed E-state index contributed by atoms with van der Waals surface area (Å²) >= 11 is 0. The molecule has 78 valence electrons.